The number of carbonyl (C=O) groups excluding carboxylic acids is 1. The number of hydrogen-bond donors (Lipinski definition) is 1. The van der Waals surface area contributed by atoms with E-state index in [2.05, 4.69) is 22.0 Å². The van der Waals surface area contributed by atoms with Gasteiger partial charge in [-0.05, 0) is 40.2 Å². The van der Waals surface area contributed by atoms with E-state index in [1.165, 1.54) is 0 Å². The van der Waals surface area contributed by atoms with E-state index < -0.39 is 5.97 Å². The predicted octanol–water partition coefficient (Wildman–Crippen LogP) is 3.26. The SMILES string of the molecule is N#Cc1ccccc1COC(=O)c1ccc(Br)c(N)c1. The zero-order chi connectivity index (χ0) is 14.5. The molecule has 2 rings (SSSR count). The average Bonchev–Trinajstić information content (AvgIpc) is 2.47. The third kappa shape index (κ3) is 3.16. The van der Waals surface area contributed by atoms with Gasteiger partial charge in [-0.2, -0.15) is 5.26 Å². The smallest absolute Gasteiger partial charge is 0.338 e. The van der Waals surface area contributed by atoms with Crippen LogP contribution in [0, 0.1) is 11.3 Å². The Morgan fingerprint density at radius 2 is 2.05 bits per heavy atom. The van der Waals surface area contributed by atoms with Crippen molar-refractivity contribution < 1.29 is 9.53 Å². The molecular weight excluding hydrogens is 320 g/mol. The number of nitrogens with two attached hydrogens (primary N) is 1. The molecule has 0 aliphatic rings. The Bertz CT molecular complexity index is 693. The number of esters is 1. The normalized spacial score (nSPS) is 9.80. The Balaban J connectivity index is 2.09. The molecule has 0 saturated carbocycles. The molecule has 0 heterocycles. The standard InChI is InChI=1S/C15H11BrN2O2/c16-13-6-5-10(7-14(13)18)15(19)20-9-12-4-2-1-3-11(12)8-17/h1-7H,9,18H2. The third-order valence-electron chi connectivity index (χ3n) is 2.73. The summed E-state index contributed by atoms with van der Waals surface area (Å²) >= 11 is 3.26. The number of rotatable bonds is 3. The van der Waals surface area contributed by atoms with Gasteiger partial charge in [0, 0.05) is 15.7 Å². The second-order valence-electron chi connectivity index (χ2n) is 4.08. The minimum atomic E-state index is -0.475. The van der Waals surface area contributed by atoms with Crippen LogP contribution in [0.1, 0.15) is 21.5 Å². The Morgan fingerprint density at radius 1 is 1.30 bits per heavy atom. The van der Waals surface area contributed by atoms with Gasteiger partial charge in [-0.3, -0.25) is 0 Å². The maximum Gasteiger partial charge on any atom is 0.338 e. The van der Waals surface area contributed by atoms with Crippen LogP contribution in [-0.4, -0.2) is 5.97 Å². The van der Waals surface area contributed by atoms with E-state index in [1.54, 1.807) is 42.5 Å². The highest BCUT2D eigenvalue weighted by Gasteiger charge is 2.10. The summed E-state index contributed by atoms with van der Waals surface area (Å²) in [7, 11) is 0. The second-order valence-corrected chi connectivity index (χ2v) is 4.94. The van der Waals surface area contributed by atoms with E-state index in [-0.39, 0.29) is 6.61 Å². The number of hydrogen-bond acceptors (Lipinski definition) is 4. The molecule has 5 heteroatoms. The van der Waals surface area contributed by atoms with E-state index in [1.807, 2.05) is 0 Å². The van der Waals surface area contributed by atoms with Crippen LogP contribution in [0.25, 0.3) is 0 Å². The number of carbonyl (C=O) groups is 1. The van der Waals surface area contributed by atoms with Gasteiger partial charge < -0.3 is 10.5 Å². The topological polar surface area (TPSA) is 76.1 Å². The Morgan fingerprint density at radius 3 is 2.75 bits per heavy atom. The first-order chi connectivity index (χ1) is 9.61. The highest BCUT2D eigenvalue weighted by Crippen LogP contribution is 2.21. The lowest BCUT2D eigenvalue weighted by molar-refractivity contribution is 0.0472. The van der Waals surface area contributed by atoms with Crippen molar-refractivity contribution in [1.82, 2.24) is 0 Å². The van der Waals surface area contributed by atoms with Crippen molar-refractivity contribution in [3.8, 4) is 6.07 Å². The van der Waals surface area contributed by atoms with E-state index in [0.29, 0.717) is 22.4 Å². The van der Waals surface area contributed by atoms with Crippen molar-refractivity contribution in [3.63, 3.8) is 0 Å². The van der Waals surface area contributed by atoms with Crippen LogP contribution in [0.3, 0.4) is 0 Å². The third-order valence-corrected chi connectivity index (χ3v) is 3.45. The summed E-state index contributed by atoms with van der Waals surface area (Å²) < 4.78 is 5.92. The van der Waals surface area contributed by atoms with Crippen molar-refractivity contribution in [2.24, 2.45) is 0 Å². The number of anilines is 1. The molecule has 0 atom stereocenters. The molecule has 0 radical (unpaired) electrons. The van der Waals surface area contributed by atoms with Gasteiger partial charge in [0.1, 0.15) is 6.61 Å². The number of nitrogens with zero attached hydrogens (tertiary/aromatic N) is 1. The van der Waals surface area contributed by atoms with Crippen molar-refractivity contribution in [2.75, 3.05) is 5.73 Å². The minimum absolute atomic E-state index is 0.0541. The molecular formula is C15H11BrN2O2. The summed E-state index contributed by atoms with van der Waals surface area (Å²) in [6.07, 6.45) is 0. The van der Waals surface area contributed by atoms with Crippen molar-refractivity contribution >= 4 is 27.6 Å². The quantitative estimate of drug-likeness (QED) is 0.692. The van der Waals surface area contributed by atoms with E-state index in [9.17, 15) is 4.79 Å². The Labute approximate surface area is 124 Å². The summed E-state index contributed by atoms with van der Waals surface area (Å²) in [6, 6.07) is 13.9. The molecule has 0 amide bonds. The Kier molecular flexibility index (Phi) is 4.38. The van der Waals surface area contributed by atoms with E-state index in [4.69, 9.17) is 15.7 Å². The second kappa shape index (κ2) is 6.22. The van der Waals surface area contributed by atoms with Crippen LogP contribution >= 0.6 is 15.9 Å². The number of nitrogen functional groups attached to an aromatic ring is 1. The number of ether oxygens (including phenoxy) is 1. The molecule has 4 nitrogen and oxygen atoms in total. The maximum atomic E-state index is 11.9. The van der Waals surface area contributed by atoms with Gasteiger partial charge in [-0.25, -0.2) is 4.79 Å². The van der Waals surface area contributed by atoms with Gasteiger partial charge >= 0.3 is 5.97 Å². The van der Waals surface area contributed by atoms with Crippen LogP contribution in [0.2, 0.25) is 0 Å². The summed E-state index contributed by atoms with van der Waals surface area (Å²) in [5.74, 6) is -0.475. The highest BCUT2D eigenvalue weighted by atomic mass is 79.9. The lowest BCUT2D eigenvalue weighted by atomic mass is 10.1. The lowest BCUT2D eigenvalue weighted by Gasteiger charge is -2.07. The lowest BCUT2D eigenvalue weighted by Crippen LogP contribution is -2.06. The van der Waals surface area contributed by atoms with Crippen molar-refractivity contribution in [2.45, 2.75) is 6.61 Å². The fraction of sp³-hybridized carbons (Fsp3) is 0.0667. The Hall–Kier alpha value is -2.32. The molecule has 20 heavy (non-hydrogen) atoms. The maximum absolute atomic E-state index is 11.9. The molecule has 0 aliphatic heterocycles. The van der Waals surface area contributed by atoms with Crippen LogP contribution in [0.5, 0.6) is 0 Å². The molecule has 2 aromatic carbocycles. The molecule has 0 fully saturated rings. The zero-order valence-corrected chi connectivity index (χ0v) is 12.1. The molecule has 100 valence electrons. The number of benzene rings is 2. The monoisotopic (exact) mass is 330 g/mol. The highest BCUT2D eigenvalue weighted by molar-refractivity contribution is 9.10. The first-order valence-corrected chi connectivity index (χ1v) is 6.61. The van der Waals surface area contributed by atoms with E-state index >= 15 is 0 Å². The fourth-order valence-electron chi connectivity index (χ4n) is 1.65. The van der Waals surface area contributed by atoms with Crippen molar-refractivity contribution in [1.29, 1.82) is 5.26 Å². The van der Waals surface area contributed by atoms with Gasteiger partial charge in [0.25, 0.3) is 0 Å². The van der Waals surface area contributed by atoms with Gasteiger partial charge in [0.2, 0.25) is 0 Å². The van der Waals surface area contributed by atoms with Gasteiger partial charge in [0.15, 0.2) is 0 Å². The molecule has 0 saturated heterocycles. The van der Waals surface area contributed by atoms with Crippen molar-refractivity contribution in [3.05, 3.63) is 63.6 Å². The van der Waals surface area contributed by atoms with Gasteiger partial charge in [-0.15, -0.1) is 0 Å². The molecule has 2 N–H and O–H groups in total. The van der Waals surface area contributed by atoms with Crippen LogP contribution < -0.4 is 5.73 Å². The number of nitriles is 1. The minimum Gasteiger partial charge on any atom is -0.457 e. The van der Waals surface area contributed by atoms with Gasteiger partial charge in [-0.1, -0.05) is 18.2 Å². The first kappa shape index (κ1) is 14.1. The molecule has 0 aliphatic carbocycles. The number of halogens is 1. The van der Waals surface area contributed by atoms with Crippen LogP contribution in [0.4, 0.5) is 5.69 Å². The summed E-state index contributed by atoms with van der Waals surface area (Å²) in [4.78, 5) is 11.9. The van der Waals surface area contributed by atoms with Crippen LogP contribution in [0.15, 0.2) is 46.9 Å². The molecule has 0 unspecified atom stereocenters. The molecule has 2 aromatic rings. The fourth-order valence-corrected chi connectivity index (χ4v) is 1.90. The first-order valence-electron chi connectivity index (χ1n) is 5.82. The average molecular weight is 331 g/mol. The summed E-state index contributed by atoms with van der Waals surface area (Å²) in [5, 5.41) is 8.96. The van der Waals surface area contributed by atoms with Gasteiger partial charge in [0.05, 0.1) is 17.2 Å². The summed E-state index contributed by atoms with van der Waals surface area (Å²) in [5.41, 5.74) is 7.73. The molecule has 0 spiro atoms. The summed E-state index contributed by atoms with van der Waals surface area (Å²) in [6.45, 7) is 0.0541. The zero-order valence-electron chi connectivity index (χ0n) is 10.5. The predicted molar refractivity (Wildman–Crippen MR) is 78.8 cm³/mol. The van der Waals surface area contributed by atoms with E-state index in [0.717, 1.165) is 4.47 Å². The van der Waals surface area contributed by atoms with Crippen LogP contribution in [-0.2, 0) is 11.3 Å². The molecule has 0 aromatic heterocycles. The largest absolute Gasteiger partial charge is 0.457 e. The molecule has 0 bridgehead atoms.